The number of amides is 4. The lowest BCUT2D eigenvalue weighted by atomic mass is 9.91. The number of sulfonamides is 1. The van der Waals surface area contributed by atoms with Gasteiger partial charge in [0, 0.05) is 18.8 Å². The van der Waals surface area contributed by atoms with Gasteiger partial charge in [-0.1, -0.05) is 26.0 Å². The maximum absolute atomic E-state index is 13.0. The average Bonchev–Trinajstić information content (AvgIpc) is 3.04. The Labute approximate surface area is 198 Å². The Morgan fingerprint density at radius 1 is 1.09 bits per heavy atom. The molecule has 4 amide bonds. The minimum absolute atomic E-state index is 0.0986. The van der Waals surface area contributed by atoms with Crippen LogP contribution in [0.4, 0.5) is 10.5 Å². The molecule has 2 aromatic carbocycles. The molecule has 1 unspecified atom stereocenters. The van der Waals surface area contributed by atoms with Gasteiger partial charge in [-0.15, -0.1) is 0 Å². The van der Waals surface area contributed by atoms with Crippen molar-refractivity contribution in [1.29, 1.82) is 5.26 Å². The lowest BCUT2D eigenvalue weighted by molar-refractivity contribution is -0.133. The Morgan fingerprint density at radius 2 is 1.68 bits per heavy atom. The van der Waals surface area contributed by atoms with Crippen molar-refractivity contribution >= 4 is 33.6 Å². The molecule has 0 radical (unpaired) electrons. The number of anilines is 1. The minimum atomic E-state index is -3.63. The predicted molar refractivity (Wildman–Crippen MR) is 124 cm³/mol. The number of nitriles is 1. The summed E-state index contributed by atoms with van der Waals surface area (Å²) >= 11 is 0. The van der Waals surface area contributed by atoms with Crippen LogP contribution in [-0.2, 0) is 25.2 Å². The van der Waals surface area contributed by atoms with Crippen molar-refractivity contribution in [3.8, 4) is 6.07 Å². The Bertz CT molecular complexity index is 1250. The quantitative estimate of drug-likeness (QED) is 0.551. The number of urea groups is 1. The minimum Gasteiger partial charge on any atom is -0.325 e. The van der Waals surface area contributed by atoms with E-state index < -0.39 is 40.0 Å². The van der Waals surface area contributed by atoms with Gasteiger partial charge in [-0.05, 0) is 48.9 Å². The zero-order chi connectivity index (χ0) is 25.1. The van der Waals surface area contributed by atoms with Crippen molar-refractivity contribution in [2.24, 2.45) is 0 Å². The summed E-state index contributed by atoms with van der Waals surface area (Å²) in [6.07, 6.45) is 0. The molecule has 2 N–H and O–H groups in total. The first-order chi connectivity index (χ1) is 16.1. The fourth-order valence-electron chi connectivity index (χ4n) is 3.68. The summed E-state index contributed by atoms with van der Waals surface area (Å²) < 4.78 is 26.5. The maximum Gasteiger partial charge on any atom is 0.325 e. The molecular weight excluding hydrogens is 458 g/mol. The van der Waals surface area contributed by atoms with Crippen LogP contribution in [-0.4, -0.2) is 55.1 Å². The smallest absolute Gasteiger partial charge is 0.325 e. The first-order valence-corrected chi connectivity index (χ1v) is 12.1. The highest BCUT2D eigenvalue weighted by Crippen LogP contribution is 2.29. The van der Waals surface area contributed by atoms with Gasteiger partial charge in [-0.2, -0.15) is 9.57 Å². The van der Waals surface area contributed by atoms with E-state index in [0.29, 0.717) is 29.9 Å². The summed E-state index contributed by atoms with van der Waals surface area (Å²) in [4.78, 5) is 38.9. The van der Waals surface area contributed by atoms with Gasteiger partial charge in [-0.3, -0.25) is 14.5 Å². The van der Waals surface area contributed by atoms with Gasteiger partial charge in [0.1, 0.15) is 12.1 Å². The number of benzene rings is 2. The second-order valence-corrected chi connectivity index (χ2v) is 9.74. The van der Waals surface area contributed by atoms with Gasteiger partial charge < -0.3 is 10.6 Å². The topological polar surface area (TPSA) is 140 Å². The van der Waals surface area contributed by atoms with Crippen molar-refractivity contribution < 1.29 is 22.8 Å². The highest BCUT2D eigenvalue weighted by Gasteiger charge is 2.49. The molecule has 34 heavy (non-hydrogen) atoms. The third-order valence-electron chi connectivity index (χ3n) is 5.65. The summed E-state index contributed by atoms with van der Waals surface area (Å²) in [5, 5.41) is 14.1. The molecule has 0 saturated carbocycles. The molecule has 0 bridgehead atoms. The number of carbonyl (C=O) groups excluding carboxylic acids is 3. The molecule has 178 valence electrons. The number of rotatable bonds is 8. The molecule has 11 heteroatoms. The Balaban J connectivity index is 1.69. The number of nitrogens with zero attached hydrogens (tertiary/aromatic N) is 3. The molecule has 1 heterocycles. The van der Waals surface area contributed by atoms with Crippen molar-refractivity contribution in [3.05, 3.63) is 59.7 Å². The average molecular weight is 484 g/mol. The van der Waals surface area contributed by atoms with E-state index in [1.807, 2.05) is 6.07 Å². The summed E-state index contributed by atoms with van der Waals surface area (Å²) in [7, 11) is -3.63. The molecule has 3 rings (SSSR count). The van der Waals surface area contributed by atoms with Crippen molar-refractivity contribution in [2.75, 3.05) is 25.0 Å². The van der Waals surface area contributed by atoms with Crippen molar-refractivity contribution in [1.82, 2.24) is 14.5 Å². The number of nitrogens with one attached hydrogen (secondary N) is 2. The first kappa shape index (κ1) is 24.9. The van der Waals surface area contributed by atoms with E-state index in [-0.39, 0.29) is 4.90 Å². The number of carbonyl (C=O) groups is 3. The number of hydrogen-bond acceptors (Lipinski definition) is 6. The molecule has 0 aromatic heterocycles. The van der Waals surface area contributed by atoms with E-state index in [0.717, 1.165) is 4.90 Å². The molecule has 2 aromatic rings. The lowest BCUT2D eigenvalue weighted by Crippen LogP contribution is -2.42. The van der Waals surface area contributed by atoms with E-state index >= 15 is 0 Å². The van der Waals surface area contributed by atoms with Gasteiger partial charge in [0.05, 0.1) is 16.5 Å². The Morgan fingerprint density at radius 3 is 2.21 bits per heavy atom. The predicted octanol–water partition coefficient (Wildman–Crippen LogP) is 1.99. The Kier molecular flexibility index (Phi) is 7.04. The fraction of sp³-hybridized carbons (Fsp3) is 0.304. The van der Waals surface area contributed by atoms with E-state index in [1.54, 1.807) is 38.1 Å². The van der Waals surface area contributed by atoms with Crippen molar-refractivity contribution in [3.63, 3.8) is 0 Å². The van der Waals surface area contributed by atoms with Gasteiger partial charge in [0.2, 0.25) is 15.9 Å². The zero-order valence-electron chi connectivity index (χ0n) is 19.0. The van der Waals surface area contributed by atoms with Gasteiger partial charge in [0.25, 0.3) is 5.91 Å². The van der Waals surface area contributed by atoms with E-state index in [9.17, 15) is 22.8 Å². The highest BCUT2D eigenvalue weighted by atomic mass is 32.2. The summed E-state index contributed by atoms with van der Waals surface area (Å²) in [5.74, 6) is -1.22. The largest absolute Gasteiger partial charge is 0.325 e. The molecule has 1 fully saturated rings. The summed E-state index contributed by atoms with van der Waals surface area (Å²) in [5.41, 5.74) is -0.148. The molecule has 1 aliphatic rings. The van der Waals surface area contributed by atoms with Crippen LogP contribution in [0.3, 0.4) is 0 Å². The molecule has 1 aliphatic heterocycles. The van der Waals surface area contributed by atoms with Gasteiger partial charge in [0.15, 0.2) is 0 Å². The van der Waals surface area contributed by atoms with Gasteiger partial charge >= 0.3 is 6.03 Å². The normalized spacial score (nSPS) is 18.0. The monoisotopic (exact) mass is 483 g/mol. The van der Waals surface area contributed by atoms with Crippen LogP contribution >= 0.6 is 0 Å². The van der Waals surface area contributed by atoms with E-state index in [1.165, 1.54) is 35.5 Å². The molecule has 1 atom stereocenters. The fourth-order valence-corrected chi connectivity index (χ4v) is 5.14. The van der Waals surface area contributed by atoms with Crippen LogP contribution in [0.2, 0.25) is 0 Å². The second-order valence-electron chi connectivity index (χ2n) is 7.80. The van der Waals surface area contributed by atoms with E-state index in [2.05, 4.69) is 10.6 Å². The van der Waals surface area contributed by atoms with Crippen molar-refractivity contribution in [2.45, 2.75) is 31.2 Å². The van der Waals surface area contributed by atoms with Crippen LogP contribution in [0.15, 0.2) is 53.4 Å². The second kappa shape index (κ2) is 9.62. The maximum atomic E-state index is 13.0. The highest BCUT2D eigenvalue weighted by molar-refractivity contribution is 7.89. The third kappa shape index (κ3) is 4.64. The van der Waals surface area contributed by atoms with Crippen LogP contribution in [0.25, 0.3) is 0 Å². The number of hydrogen-bond donors (Lipinski definition) is 2. The number of imide groups is 1. The zero-order valence-corrected chi connectivity index (χ0v) is 19.8. The summed E-state index contributed by atoms with van der Waals surface area (Å²) in [6, 6.07) is 13.2. The first-order valence-electron chi connectivity index (χ1n) is 10.6. The molecular formula is C23H25N5O5S. The van der Waals surface area contributed by atoms with Crippen LogP contribution in [0.5, 0.6) is 0 Å². The summed E-state index contributed by atoms with van der Waals surface area (Å²) in [6.45, 7) is 5.18. The Hall–Kier alpha value is -3.75. The lowest BCUT2D eigenvalue weighted by Gasteiger charge is -2.22. The van der Waals surface area contributed by atoms with Crippen LogP contribution < -0.4 is 10.6 Å². The van der Waals surface area contributed by atoms with Gasteiger partial charge in [-0.25, -0.2) is 13.2 Å². The van der Waals surface area contributed by atoms with Crippen LogP contribution in [0, 0.1) is 11.3 Å². The SMILES string of the molecule is CCN(CC)S(=O)(=O)c1ccc(NC(=O)CN2C(=O)NC(C)(c3ccc(C#N)cc3)C2=O)cc1. The molecule has 10 nitrogen and oxygen atoms in total. The molecule has 0 spiro atoms. The molecule has 0 aliphatic carbocycles. The van der Waals surface area contributed by atoms with E-state index in [4.69, 9.17) is 5.26 Å². The van der Waals surface area contributed by atoms with Crippen LogP contribution in [0.1, 0.15) is 31.9 Å². The standard InChI is InChI=1S/C23H25N5O5S/c1-4-27(5-2)34(32,33)19-12-10-18(11-13-19)25-20(29)15-28-21(30)23(3,26-22(28)31)17-8-6-16(14-24)7-9-17/h6-13H,4-5,15H2,1-3H3,(H,25,29)(H,26,31). The molecule has 1 saturated heterocycles. The third-order valence-corrected chi connectivity index (χ3v) is 7.71.